The fourth-order valence-corrected chi connectivity index (χ4v) is 4.38. The van der Waals surface area contributed by atoms with E-state index in [1.165, 1.54) is 27.6 Å². The van der Waals surface area contributed by atoms with E-state index in [2.05, 4.69) is 113 Å². The molecule has 1 aliphatic heterocycles. The van der Waals surface area contributed by atoms with Crippen molar-refractivity contribution in [3.8, 4) is 0 Å². The second kappa shape index (κ2) is 9.15. The summed E-state index contributed by atoms with van der Waals surface area (Å²) in [5, 5.41) is 6.29. The quantitative estimate of drug-likeness (QED) is 0.452. The van der Waals surface area contributed by atoms with Crippen LogP contribution in [-0.2, 0) is 6.54 Å². The van der Waals surface area contributed by atoms with Crippen molar-refractivity contribution in [2.24, 2.45) is 4.99 Å². The Hall–Kier alpha value is -3.43. The third kappa shape index (κ3) is 4.23. The number of hydrogen-bond donors (Lipinski definition) is 1. The average molecular weight is 406 g/mol. The van der Waals surface area contributed by atoms with Crippen LogP contribution in [0.5, 0.6) is 0 Å². The van der Waals surface area contributed by atoms with Gasteiger partial charge in [0.1, 0.15) is 5.84 Å². The summed E-state index contributed by atoms with van der Waals surface area (Å²) in [6.07, 6.45) is 1.07. The first-order chi connectivity index (χ1) is 15.4. The van der Waals surface area contributed by atoms with E-state index in [0.717, 1.165) is 25.3 Å². The van der Waals surface area contributed by atoms with Gasteiger partial charge in [0.2, 0.25) is 0 Å². The predicted molar refractivity (Wildman–Crippen MR) is 131 cm³/mol. The van der Waals surface area contributed by atoms with Gasteiger partial charge in [-0.3, -0.25) is 4.99 Å². The van der Waals surface area contributed by atoms with Gasteiger partial charge in [0.05, 0.1) is 12.6 Å². The first-order valence-corrected chi connectivity index (χ1v) is 11.0. The molecule has 154 valence electrons. The minimum absolute atomic E-state index is 0.0615. The Kier molecular flexibility index (Phi) is 5.76. The molecule has 0 saturated carbocycles. The molecule has 1 fully saturated rings. The number of rotatable bonds is 4. The summed E-state index contributed by atoms with van der Waals surface area (Å²) in [5.74, 6) is 1.09. The molecule has 1 unspecified atom stereocenters. The van der Waals surface area contributed by atoms with E-state index in [4.69, 9.17) is 4.99 Å². The van der Waals surface area contributed by atoms with E-state index in [0.29, 0.717) is 6.54 Å². The Morgan fingerprint density at radius 2 is 1.48 bits per heavy atom. The number of fused-ring (bicyclic) bond motifs is 1. The molecule has 3 nitrogen and oxygen atoms in total. The van der Waals surface area contributed by atoms with Crippen LogP contribution in [0.25, 0.3) is 10.8 Å². The van der Waals surface area contributed by atoms with Crippen LogP contribution in [0.3, 0.4) is 0 Å². The highest BCUT2D eigenvalue weighted by Gasteiger charge is 2.27. The summed E-state index contributed by atoms with van der Waals surface area (Å²) in [7, 11) is 0. The smallest absolute Gasteiger partial charge is 0.126 e. The van der Waals surface area contributed by atoms with Gasteiger partial charge in [-0.1, -0.05) is 97.1 Å². The lowest BCUT2D eigenvalue weighted by Crippen LogP contribution is -2.38. The number of nitrogens with zero attached hydrogens (tertiary/aromatic N) is 2. The third-order valence-corrected chi connectivity index (χ3v) is 5.90. The molecule has 1 heterocycles. The second-order valence-electron chi connectivity index (χ2n) is 7.96. The Labute approximate surface area is 184 Å². The summed E-state index contributed by atoms with van der Waals surface area (Å²) in [6, 6.07) is 36.5. The van der Waals surface area contributed by atoms with Crippen molar-refractivity contribution in [1.29, 1.82) is 0 Å². The number of nitrogens with one attached hydrogen (secondary N) is 1. The monoisotopic (exact) mass is 405 g/mol. The van der Waals surface area contributed by atoms with Crippen LogP contribution in [0.15, 0.2) is 108 Å². The largest absolute Gasteiger partial charge is 0.328 e. The van der Waals surface area contributed by atoms with Gasteiger partial charge in [-0.2, -0.15) is 0 Å². The van der Waals surface area contributed by atoms with E-state index in [-0.39, 0.29) is 6.04 Å². The highest BCUT2D eigenvalue weighted by atomic mass is 15.2. The highest BCUT2D eigenvalue weighted by molar-refractivity contribution is 6.08. The Morgan fingerprint density at radius 3 is 2.32 bits per heavy atom. The summed E-state index contributed by atoms with van der Waals surface area (Å²) in [4.78, 5) is 7.65. The fraction of sp³-hybridized carbons (Fsp3) is 0.179. The normalized spacial score (nSPS) is 18.3. The van der Waals surface area contributed by atoms with Crippen molar-refractivity contribution in [1.82, 2.24) is 5.32 Å². The fourth-order valence-electron chi connectivity index (χ4n) is 4.38. The maximum Gasteiger partial charge on any atom is 0.126 e. The molecule has 4 aromatic carbocycles. The highest BCUT2D eigenvalue weighted by Crippen LogP contribution is 2.31. The van der Waals surface area contributed by atoms with E-state index >= 15 is 0 Å². The van der Waals surface area contributed by atoms with Crippen LogP contribution < -0.4 is 10.2 Å². The predicted octanol–water partition coefficient (Wildman–Crippen LogP) is 5.98. The van der Waals surface area contributed by atoms with Crippen molar-refractivity contribution >= 4 is 22.3 Å². The topological polar surface area (TPSA) is 27.6 Å². The SMILES string of the molecule is c1ccc(C/N=C2/C(c3ccccc3)NCCCN2c2cccc3ccccc23)cc1. The van der Waals surface area contributed by atoms with Crippen molar-refractivity contribution in [3.05, 3.63) is 114 Å². The standard InChI is InChI=1S/C28H27N3/c1-3-11-22(12-4-1)21-30-28-27(24-14-5-2-6-15-24)29-19-10-20-31(28)26-18-9-16-23-13-7-8-17-25(23)26/h1-9,11-18,27,29H,10,19-21H2/b30-28-. The molecule has 1 saturated heterocycles. The average Bonchev–Trinajstić information content (AvgIpc) is 3.06. The minimum atomic E-state index is 0.0615. The molecular weight excluding hydrogens is 378 g/mol. The van der Waals surface area contributed by atoms with Crippen LogP contribution in [0.4, 0.5) is 5.69 Å². The summed E-state index contributed by atoms with van der Waals surface area (Å²) < 4.78 is 0. The molecule has 31 heavy (non-hydrogen) atoms. The van der Waals surface area contributed by atoms with E-state index < -0.39 is 0 Å². The van der Waals surface area contributed by atoms with Gasteiger partial charge in [-0.05, 0) is 35.5 Å². The molecule has 1 N–H and O–H groups in total. The van der Waals surface area contributed by atoms with Crippen LogP contribution in [0.1, 0.15) is 23.6 Å². The number of amidine groups is 1. The molecule has 0 aliphatic carbocycles. The van der Waals surface area contributed by atoms with Gasteiger partial charge in [-0.15, -0.1) is 0 Å². The number of aliphatic imine (C=N–C) groups is 1. The molecule has 1 atom stereocenters. The van der Waals surface area contributed by atoms with Crippen molar-refractivity contribution in [2.45, 2.75) is 19.0 Å². The van der Waals surface area contributed by atoms with Crippen molar-refractivity contribution in [2.75, 3.05) is 18.0 Å². The number of hydrogen-bond acceptors (Lipinski definition) is 2. The molecule has 5 rings (SSSR count). The second-order valence-corrected chi connectivity index (χ2v) is 7.96. The molecule has 0 radical (unpaired) electrons. The van der Waals surface area contributed by atoms with Crippen LogP contribution in [-0.4, -0.2) is 18.9 Å². The molecule has 1 aliphatic rings. The molecule has 3 heteroatoms. The van der Waals surface area contributed by atoms with Crippen LogP contribution >= 0.6 is 0 Å². The Morgan fingerprint density at radius 1 is 0.774 bits per heavy atom. The van der Waals surface area contributed by atoms with Gasteiger partial charge < -0.3 is 10.2 Å². The third-order valence-electron chi connectivity index (χ3n) is 5.90. The van der Waals surface area contributed by atoms with Gasteiger partial charge in [0.25, 0.3) is 0 Å². The summed E-state index contributed by atoms with van der Waals surface area (Å²) in [6.45, 7) is 2.58. The van der Waals surface area contributed by atoms with Crippen molar-refractivity contribution in [3.63, 3.8) is 0 Å². The molecule has 0 spiro atoms. The molecule has 0 bridgehead atoms. The van der Waals surface area contributed by atoms with Crippen molar-refractivity contribution < 1.29 is 0 Å². The number of anilines is 1. The molecule has 4 aromatic rings. The lowest BCUT2D eigenvalue weighted by atomic mass is 10.0. The first kappa shape index (κ1) is 19.5. The molecule has 0 amide bonds. The molecule has 0 aromatic heterocycles. The maximum atomic E-state index is 5.22. The zero-order chi connectivity index (χ0) is 20.9. The van der Waals surface area contributed by atoms with E-state index in [9.17, 15) is 0 Å². The summed E-state index contributed by atoms with van der Waals surface area (Å²) in [5.41, 5.74) is 3.71. The maximum absolute atomic E-state index is 5.22. The lowest BCUT2D eigenvalue weighted by Gasteiger charge is -2.30. The van der Waals surface area contributed by atoms with Crippen LogP contribution in [0.2, 0.25) is 0 Å². The zero-order valence-corrected chi connectivity index (χ0v) is 17.6. The molecular formula is C28H27N3. The van der Waals surface area contributed by atoms with E-state index in [1.807, 2.05) is 0 Å². The number of benzene rings is 4. The van der Waals surface area contributed by atoms with Gasteiger partial charge >= 0.3 is 0 Å². The van der Waals surface area contributed by atoms with Gasteiger partial charge in [0.15, 0.2) is 0 Å². The first-order valence-electron chi connectivity index (χ1n) is 11.0. The van der Waals surface area contributed by atoms with Crippen LogP contribution in [0, 0.1) is 0 Å². The van der Waals surface area contributed by atoms with E-state index in [1.54, 1.807) is 0 Å². The lowest BCUT2D eigenvalue weighted by molar-refractivity contribution is 0.647. The van der Waals surface area contributed by atoms with Gasteiger partial charge in [-0.25, -0.2) is 0 Å². The van der Waals surface area contributed by atoms with Gasteiger partial charge in [0, 0.05) is 17.6 Å². The Balaban J connectivity index is 1.63. The Bertz CT molecular complexity index is 1160. The minimum Gasteiger partial charge on any atom is -0.328 e. The zero-order valence-electron chi connectivity index (χ0n) is 17.6. The summed E-state index contributed by atoms with van der Waals surface area (Å²) >= 11 is 0.